The molecule has 1 amide bonds. The number of thiophene rings is 1. The summed E-state index contributed by atoms with van der Waals surface area (Å²) in [6.07, 6.45) is 0. The Morgan fingerprint density at radius 3 is 2.31 bits per heavy atom. The summed E-state index contributed by atoms with van der Waals surface area (Å²) in [5.41, 5.74) is 0.487. The van der Waals surface area contributed by atoms with Crippen molar-refractivity contribution in [3.05, 3.63) is 86.1 Å². The Hall–Kier alpha value is -3.54. The van der Waals surface area contributed by atoms with E-state index in [0.29, 0.717) is 9.90 Å². The third-order valence-corrected chi connectivity index (χ3v) is 6.93. The lowest BCUT2D eigenvalue weighted by Gasteiger charge is -2.08. The number of aromatic nitrogens is 1. The average molecular weight is 490 g/mol. The number of non-ortho nitro benzene ring substituents is 1. The van der Waals surface area contributed by atoms with Gasteiger partial charge in [0, 0.05) is 23.3 Å². The molecule has 12 heteroatoms. The van der Waals surface area contributed by atoms with E-state index in [2.05, 4.69) is 5.16 Å². The van der Waals surface area contributed by atoms with Gasteiger partial charge in [-0.3, -0.25) is 14.9 Å². The van der Waals surface area contributed by atoms with Crippen molar-refractivity contribution in [1.29, 1.82) is 0 Å². The van der Waals surface area contributed by atoms with E-state index in [4.69, 9.17) is 16.1 Å². The first-order chi connectivity index (χ1) is 15.3. The zero-order valence-corrected chi connectivity index (χ0v) is 18.3. The van der Waals surface area contributed by atoms with Crippen LogP contribution >= 0.6 is 22.9 Å². The molecular formula is C20H12ClN3O6S2. The Balaban J connectivity index is 1.83. The summed E-state index contributed by atoms with van der Waals surface area (Å²) in [7, 11) is -4.47. The summed E-state index contributed by atoms with van der Waals surface area (Å²) in [6, 6.07) is 16.4. The van der Waals surface area contributed by atoms with Crippen molar-refractivity contribution < 1.29 is 22.7 Å². The number of sulfonamides is 1. The van der Waals surface area contributed by atoms with Crippen LogP contribution in [0.2, 0.25) is 4.34 Å². The minimum absolute atomic E-state index is 0.0107. The Kier molecular flexibility index (Phi) is 5.78. The van der Waals surface area contributed by atoms with E-state index < -0.39 is 20.9 Å². The van der Waals surface area contributed by atoms with Crippen LogP contribution in [-0.4, -0.2) is 24.4 Å². The zero-order chi connectivity index (χ0) is 22.9. The van der Waals surface area contributed by atoms with Gasteiger partial charge in [-0.1, -0.05) is 47.1 Å². The van der Waals surface area contributed by atoms with Crippen LogP contribution in [-0.2, 0) is 10.0 Å². The molecule has 0 aliphatic carbocycles. The lowest BCUT2D eigenvalue weighted by atomic mass is 10.1. The number of hydrogen-bond acceptors (Lipinski definition) is 8. The third kappa shape index (κ3) is 4.26. The smallest absolute Gasteiger partial charge is 0.275 e. The molecule has 0 radical (unpaired) electrons. The topological polar surface area (TPSA) is 132 Å². The fourth-order valence-electron chi connectivity index (χ4n) is 2.89. The molecule has 0 saturated heterocycles. The first-order valence-electron chi connectivity index (χ1n) is 8.88. The number of nitrogens with zero attached hydrogens (tertiary/aromatic N) is 2. The fourth-order valence-corrected chi connectivity index (χ4v) is 5.16. The van der Waals surface area contributed by atoms with Gasteiger partial charge < -0.3 is 4.52 Å². The maximum absolute atomic E-state index is 13.3. The minimum Gasteiger partial charge on any atom is -0.354 e. The summed E-state index contributed by atoms with van der Waals surface area (Å²) in [5, 5.41) is 14.9. The Bertz CT molecular complexity index is 1410. The number of amides is 1. The summed E-state index contributed by atoms with van der Waals surface area (Å²) in [6.45, 7) is 0. The number of nitrogens with one attached hydrogen (secondary N) is 1. The van der Waals surface area contributed by atoms with Gasteiger partial charge in [0.05, 0.1) is 14.1 Å². The van der Waals surface area contributed by atoms with Crippen LogP contribution in [0.15, 0.2) is 76.1 Å². The SMILES string of the molecule is O=C(NS(=O)(=O)c1c(-c2ccccc2)noc1-c1ccc([N+](=O)[O-])cc1)c1ccc(Cl)s1. The molecule has 0 aliphatic rings. The number of nitro benzene ring substituents is 1. The molecule has 0 spiro atoms. The highest BCUT2D eigenvalue weighted by molar-refractivity contribution is 7.90. The average Bonchev–Trinajstić information content (AvgIpc) is 3.41. The lowest BCUT2D eigenvalue weighted by molar-refractivity contribution is -0.384. The Labute approximate surface area is 190 Å². The molecule has 0 atom stereocenters. The molecule has 4 aromatic rings. The molecule has 0 fully saturated rings. The van der Waals surface area contributed by atoms with E-state index in [1.54, 1.807) is 30.3 Å². The summed E-state index contributed by atoms with van der Waals surface area (Å²) in [5.74, 6) is -1.03. The molecule has 0 bridgehead atoms. The Morgan fingerprint density at radius 1 is 1.03 bits per heavy atom. The second kappa shape index (κ2) is 8.54. The second-order valence-corrected chi connectivity index (χ2v) is 9.73. The number of carbonyl (C=O) groups is 1. The van der Waals surface area contributed by atoms with E-state index in [0.717, 1.165) is 11.3 Å². The van der Waals surface area contributed by atoms with Crippen molar-refractivity contribution in [3.63, 3.8) is 0 Å². The minimum atomic E-state index is -4.47. The van der Waals surface area contributed by atoms with Crippen molar-refractivity contribution >= 4 is 44.6 Å². The van der Waals surface area contributed by atoms with Crippen molar-refractivity contribution in [3.8, 4) is 22.6 Å². The van der Waals surface area contributed by atoms with Crippen LogP contribution in [0.4, 0.5) is 5.69 Å². The molecule has 1 N–H and O–H groups in total. The molecule has 0 aliphatic heterocycles. The normalized spacial score (nSPS) is 11.3. The molecule has 0 saturated carbocycles. The van der Waals surface area contributed by atoms with Crippen molar-refractivity contribution in [2.24, 2.45) is 0 Å². The molecule has 32 heavy (non-hydrogen) atoms. The molecule has 162 valence electrons. The van der Waals surface area contributed by atoms with Gasteiger partial charge in [-0.25, -0.2) is 13.1 Å². The molecule has 9 nitrogen and oxygen atoms in total. The highest BCUT2D eigenvalue weighted by Gasteiger charge is 2.32. The van der Waals surface area contributed by atoms with Crippen LogP contribution in [0.25, 0.3) is 22.6 Å². The van der Waals surface area contributed by atoms with E-state index >= 15 is 0 Å². The van der Waals surface area contributed by atoms with Gasteiger partial charge >= 0.3 is 0 Å². The quantitative estimate of drug-likeness (QED) is 0.305. The highest BCUT2D eigenvalue weighted by Crippen LogP contribution is 2.36. The molecular weight excluding hydrogens is 478 g/mol. The number of halogens is 1. The van der Waals surface area contributed by atoms with Crippen LogP contribution in [0.5, 0.6) is 0 Å². The van der Waals surface area contributed by atoms with Crippen molar-refractivity contribution in [2.75, 3.05) is 0 Å². The first kappa shape index (κ1) is 21.7. The number of rotatable bonds is 6. The highest BCUT2D eigenvalue weighted by atomic mass is 35.5. The number of hydrogen-bond donors (Lipinski definition) is 1. The molecule has 0 unspecified atom stereocenters. The second-order valence-electron chi connectivity index (χ2n) is 6.40. The van der Waals surface area contributed by atoms with Gasteiger partial charge in [-0.2, -0.15) is 0 Å². The van der Waals surface area contributed by atoms with E-state index in [1.807, 2.05) is 4.72 Å². The predicted molar refractivity (Wildman–Crippen MR) is 118 cm³/mol. The van der Waals surface area contributed by atoms with Crippen LogP contribution in [0.1, 0.15) is 9.67 Å². The summed E-state index contributed by atoms with van der Waals surface area (Å²) >= 11 is 6.76. The lowest BCUT2D eigenvalue weighted by Crippen LogP contribution is -2.30. The van der Waals surface area contributed by atoms with Gasteiger partial charge in [0.15, 0.2) is 10.7 Å². The molecule has 2 aromatic carbocycles. The maximum atomic E-state index is 13.3. The first-order valence-corrected chi connectivity index (χ1v) is 11.6. The Morgan fingerprint density at radius 2 is 1.72 bits per heavy atom. The molecule has 2 aromatic heterocycles. The fraction of sp³-hybridized carbons (Fsp3) is 0. The number of nitro groups is 1. The van der Waals surface area contributed by atoms with E-state index in [1.165, 1.54) is 36.4 Å². The predicted octanol–water partition coefficient (Wildman–Crippen LogP) is 4.75. The van der Waals surface area contributed by atoms with Crippen LogP contribution in [0, 0.1) is 10.1 Å². The standard InChI is InChI=1S/C20H12ClN3O6S2/c21-16-11-10-15(31-16)20(25)23-32(28,29)19-17(12-4-2-1-3-5-12)22-30-18(19)13-6-8-14(9-7-13)24(26)27/h1-11H,(H,23,25). The van der Waals surface area contributed by atoms with Gasteiger partial charge in [0.2, 0.25) is 0 Å². The monoisotopic (exact) mass is 489 g/mol. The number of carbonyl (C=O) groups excluding carboxylic acids is 1. The zero-order valence-electron chi connectivity index (χ0n) is 15.9. The van der Waals surface area contributed by atoms with Gasteiger partial charge in [0.25, 0.3) is 21.6 Å². The molecule has 2 heterocycles. The van der Waals surface area contributed by atoms with Gasteiger partial charge in [-0.05, 0) is 24.3 Å². The van der Waals surface area contributed by atoms with E-state index in [9.17, 15) is 23.3 Å². The third-order valence-electron chi connectivity index (χ3n) is 4.33. The number of benzene rings is 2. The molecule has 4 rings (SSSR count). The van der Waals surface area contributed by atoms with Crippen LogP contribution in [0.3, 0.4) is 0 Å². The van der Waals surface area contributed by atoms with Gasteiger partial charge in [-0.15, -0.1) is 11.3 Å². The largest absolute Gasteiger partial charge is 0.354 e. The van der Waals surface area contributed by atoms with Gasteiger partial charge in [0.1, 0.15) is 5.69 Å². The van der Waals surface area contributed by atoms with Crippen LogP contribution < -0.4 is 4.72 Å². The van der Waals surface area contributed by atoms with E-state index in [-0.39, 0.29) is 32.5 Å². The van der Waals surface area contributed by atoms with Crippen molar-refractivity contribution in [1.82, 2.24) is 9.88 Å². The van der Waals surface area contributed by atoms with Crippen molar-refractivity contribution in [2.45, 2.75) is 4.90 Å². The summed E-state index contributed by atoms with van der Waals surface area (Å²) < 4.78 is 34.2. The summed E-state index contributed by atoms with van der Waals surface area (Å²) in [4.78, 5) is 22.6. The maximum Gasteiger partial charge on any atom is 0.275 e.